The summed E-state index contributed by atoms with van der Waals surface area (Å²) in [5.74, 6) is 0.991. The van der Waals surface area contributed by atoms with Crippen LogP contribution in [0.25, 0.3) is 0 Å². The van der Waals surface area contributed by atoms with Crippen molar-refractivity contribution >= 4 is 17.6 Å². The van der Waals surface area contributed by atoms with Crippen LogP contribution in [0.5, 0.6) is 0 Å². The second kappa shape index (κ2) is 9.41. The molecule has 1 aliphatic carbocycles. The summed E-state index contributed by atoms with van der Waals surface area (Å²) in [7, 11) is 5.65. The molecule has 1 saturated heterocycles. The quantitative estimate of drug-likeness (QED) is 0.604. The first-order valence-corrected chi connectivity index (χ1v) is 10.5. The zero-order valence-electron chi connectivity index (χ0n) is 17.6. The number of hydrogen-bond acceptors (Lipinski definition) is 3. The number of aliphatic imine (C=N–C) groups is 1. The molecule has 3 rings (SSSR count). The van der Waals surface area contributed by atoms with Crippen LogP contribution in [0, 0.1) is 5.41 Å². The number of amides is 1. The van der Waals surface area contributed by atoms with E-state index >= 15 is 0 Å². The Morgan fingerprint density at radius 2 is 2.00 bits per heavy atom. The zero-order valence-corrected chi connectivity index (χ0v) is 17.6. The number of guanidine groups is 1. The highest BCUT2D eigenvalue weighted by molar-refractivity contribution is 5.92. The van der Waals surface area contributed by atoms with Crippen LogP contribution in [0.4, 0.5) is 5.69 Å². The molecule has 0 bridgehead atoms. The van der Waals surface area contributed by atoms with Crippen molar-refractivity contribution in [2.45, 2.75) is 45.1 Å². The summed E-state index contributed by atoms with van der Waals surface area (Å²) in [6.07, 6.45) is 8.19. The number of nitrogens with one attached hydrogen (secondary N) is 2. The lowest BCUT2D eigenvalue weighted by molar-refractivity contribution is -0.116. The predicted molar refractivity (Wildman–Crippen MR) is 116 cm³/mol. The number of anilines is 1. The van der Waals surface area contributed by atoms with Gasteiger partial charge in [-0.15, -0.1) is 0 Å². The fraction of sp³-hybridized carbons (Fsp3) is 0.636. The van der Waals surface area contributed by atoms with Crippen LogP contribution < -0.4 is 10.6 Å². The molecule has 0 radical (unpaired) electrons. The highest BCUT2D eigenvalue weighted by atomic mass is 16.2. The van der Waals surface area contributed by atoms with Gasteiger partial charge in [0.1, 0.15) is 0 Å². The highest BCUT2D eigenvalue weighted by Gasteiger charge is 2.39. The smallest absolute Gasteiger partial charge is 0.238 e. The van der Waals surface area contributed by atoms with Crippen molar-refractivity contribution < 1.29 is 4.79 Å². The first-order valence-electron chi connectivity index (χ1n) is 10.5. The maximum Gasteiger partial charge on any atom is 0.238 e. The van der Waals surface area contributed by atoms with Crippen LogP contribution >= 0.6 is 0 Å². The van der Waals surface area contributed by atoms with Crippen LogP contribution in [-0.4, -0.2) is 62.4 Å². The van der Waals surface area contributed by atoms with Crippen LogP contribution in [0.2, 0.25) is 0 Å². The zero-order chi connectivity index (χ0) is 20.0. The Labute approximate surface area is 169 Å². The minimum Gasteiger partial charge on any atom is -0.352 e. The minimum atomic E-state index is 0.000709. The van der Waals surface area contributed by atoms with Gasteiger partial charge in [0.2, 0.25) is 5.91 Å². The average molecular weight is 386 g/mol. The van der Waals surface area contributed by atoms with E-state index in [-0.39, 0.29) is 5.91 Å². The number of nitrogens with zero attached hydrogens (tertiary/aromatic N) is 3. The van der Waals surface area contributed by atoms with Gasteiger partial charge in [-0.2, -0.15) is 0 Å². The number of carbonyl (C=O) groups is 1. The van der Waals surface area contributed by atoms with E-state index in [9.17, 15) is 4.79 Å². The van der Waals surface area contributed by atoms with E-state index in [1.807, 2.05) is 44.2 Å². The van der Waals surface area contributed by atoms with Gasteiger partial charge in [-0.3, -0.25) is 9.79 Å². The molecule has 1 spiro atoms. The molecule has 1 heterocycles. The van der Waals surface area contributed by atoms with Crippen molar-refractivity contribution in [3.8, 4) is 0 Å². The molecule has 0 atom stereocenters. The molecule has 0 aromatic heterocycles. The van der Waals surface area contributed by atoms with Gasteiger partial charge >= 0.3 is 0 Å². The Morgan fingerprint density at radius 3 is 2.71 bits per heavy atom. The van der Waals surface area contributed by atoms with E-state index in [1.165, 1.54) is 38.5 Å². The summed E-state index contributed by atoms with van der Waals surface area (Å²) < 4.78 is 0. The Hall–Kier alpha value is -2.08. The third-order valence-electron chi connectivity index (χ3n) is 5.99. The van der Waals surface area contributed by atoms with Gasteiger partial charge < -0.3 is 20.4 Å². The number of likely N-dealkylation sites (tertiary alicyclic amines) is 1. The maximum atomic E-state index is 12.0. The van der Waals surface area contributed by atoms with Crippen LogP contribution in [-0.2, 0) is 11.3 Å². The molecule has 1 saturated carbocycles. The highest BCUT2D eigenvalue weighted by Crippen LogP contribution is 2.43. The lowest BCUT2D eigenvalue weighted by Gasteiger charge is -2.33. The molecule has 2 fully saturated rings. The van der Waals surface area contributed by atoms with Gasteiger partial charge in [0.25, 0.3) is 0 Å². The number of likely N-dealkylation sites (N-methyl/N-ethyl adjacent to an activating group) is 1. The second-order valence-electron chi connectivity index (χ2n) is 8.62. The average Bonchev–Trinajstić information content (AvgIpc) is 3.05. The van der Waals surface area contributed by atoms with Gasteiger partial charge in [-0.05, 0) is 56.5 Å². The number of rotatable bonds is 5. The van der Waals surface area contributed by atoms with Crippen molar-refractivity contribution in [2.75, 3.05) is 46.1 Å². The fourth-order valence-corrected chi connectivity index (χ4v) is 4.59. The summed E-state index contributed by atoms with van der Waals surface area (Å²) in [4.78, 5) is 20.8. The molecule has 6 heteroatoms. The van der Waals surface area contributed by atoms with Crippen molar-refractivity contribution in [3.05, 3.63) is 29.8 Å². The van der Waals surface area contributed by atoms with Crippen LogP contribution in [0.1, 0.15) is 44.1 Å². The van der Waals surface area contributed by atoms with E-state index in [0.717, 1.165) is 30.3 Å². The van der Waals surface area contributed by atoms with E-state index in [1.54, 1.807) is 0 Å². The van der Waals surface area contributed by atoms with E-state index < -0.39 is 0 Å². The lowest BCUT2D eigenvalue weighted by atomic mass is 9.73. The fourth-order valence-electron chi connectivity index (χ4n) is 4.59. The Kier molecular flexibility index (Phi) is 6.94. The Balaban J connectivity index is 1.54. The number of hydrogen-bond donors (Lipinski definition) is 2. The summed E-state index contributed by atoms with van der Waals surface area (Å²) in [6, 6.07) is 8.02. The van der Waals surface area contributed by atoms with E-state index in [2.05, 4.69) is 26.6 Å². The molecular formula is C22H35N5O. The Morgan fingerprint density at radius 1 is 1.21 bits per heavy atom. The van der Waals surface area contributed by atoms with Gasteiger partial charge in [-0.1, -0.05) is 31.4 Å². The molecule has 2 aliphatic rings. The molecule has 2 N–H and O–H groups in total. The first kappa shape index (κ1) is 20.6. The van der Waals surface area contributed by atoms with Crippen LogP contribution in [0.3, 0.4) is 0 Å². The molecule has 154 valence electrons. The SMILES string of the molecule is CN=C(NCc1cccc(NC(=O)CN(C)C)c1)N1CCC2(CCCCC2)C1. The largest absolute Gasteiger partial charge is 0.352 e. The topological polar surface area (TPSA) is 60.0 Å². The maximum absolute atomic E-state index is 12.0. The molecule has 1 aromatic rings. The predicted octanol–water partition coefficient (Wildman–Crippen LogP) is 2.92. The van der Waals surface area contributed by atoms with Gasteiger partial charge in [0, 0.05) is 32.4 Å². The molecule has 28 heavy (non-hydrogen) atoms. The molecule has 0 unspecified atom stereocenters. The summed E-state index contributed by atoms with van der Waals surface area (Å²) in [5, 5.41) is 6.48. The summed E-state index contributed by atoms with van der Waals surface area (Å²) in [6.45, 7) is 3.31. The van der Waals surface area contributed by atoms with Crippen molar-refractivity contribution in [1.29, 1.82) is 0 Å². The third-order valence-corrected chi connectivity index (χ3v) is 5.99. The summed E-state index contributed by atoms with van der Waals surface area (Å²) in [5.41, 5.74) is 2.49. The number of benzene rings is 1. The van der Waals surface area contributed by atoms with Crippen molar-refractivity contribution in [1.82, 2.24) is 15.1 Å². The van der Waals surface area contributed by atoms with Crippen LogP contribution in [0.15, 0.2) is 29.3 Å². The third kappa shape index (κ3) is 5.47. The molecule has 1 amide bonds. The van der Waals surface area contributed by atoms with Crippen molar-refractivity contribution in [2.24, 2.45) is 10.4 Å². The van der Waals surface area contributed by atoms with Gasteiger partial charge in [-0.25, -0.2) is 0 Å². The van der Waals surface area contributed by atoms with E-state index in [4.69, 9.17) is 0 Å². The lowest BCUT2D eigenvalue weighted by Crippen LogP contribution is -2.41. The molecular weight excluding hydrogens is 350 g/mol. The summed E-state index contributed by atoms with van der Waals surface area (Å²) >= 11 is 0. The first-order chi connectivity index (χ1) is 13.5. The molecule has 6 nitrogen and oxygen atoms in total. The molecule has 1 aliphatic heterocycles. The van der Waals surface area contributed by atoms with Gasteiger partial charge in [0.05, 0.1) is 6.54 Å². The second-order valence-corrected chi connectivity index (χ2v) is 8.62. The van der Waals surface area contributed by atoms with Crippen molar-refractivity contribution in [3.63, 3.8) is 0 Å². The van der Waals surface area contributed by atoms with Gasteiger partial charge in [0.15, 0.2) is 5.96 Å². The normalized spacial score (nSPS) is 19.3. The monoisotopic (exact) mass is 385 g/mol. The number of carbonyl (C=O) groups excluding carboxylic acids is 1. The molecule has 1 aromatic carbocycles. The Bertz CT molecular complexity index is 694. The standard InChI is InChI=1S/C22H35N5O/c1-23-21(27-13-12-22(17-27)10-5-4-6-11-22)24-15-18-8-7-9-19(14-18)25-20(28)16-26(2)3/h7-9,14H,4-6,10-13,15-17H2,1-3H3,(H,23,24)(H,25,28). The minimum absolute atomic E-state index is 0.000709. The van der Waals surface area contributed by atoms with E-state index in [0.29, 0.717) is 18.5 Å².